The molecule has 1 nitrogen and oxygen atoms in total. The maximum atomic E-state index is 12.8. The van der Waals surface area contributed by atoms with E-state index in [0.717, 1.165) is 11.6 Å². The van der Waals surface area contributed by atoms with Crippen LogP contribution in [0, 0.1) is 0 Å². The van der Waals surface area contributed by atoms with Gasteiger partial charge in [-0.25, -0.2) is 0 Å². The largest absolute Gasteiger partial charge is 0.417 e. The number of rotatable bonds is 3. The average molecular weight is 355 g/mol. The van der Waals surface area contributed by atoms with Crippen molar-refractivity contribution in [2.75, 3.05) is 0 Å². The normalized spacial score (nSPS) is 11.8. The van der Waals surface area contributed by atoms with Crippen LogP contribution in [0.25, 0.3) is 6.08 Å². The molecule has 0 aliphatic rings. The van der Waals surface area contributed by atoms with E-state index < -0.39 is 17.5 Å². The fourth-order valence-electron chi connectivity index (χ4n) is 1.73. The summed E-state index contributed by atoms with van der Waals surface area (Å²) in [6, 6.07) is 12.5. The van der Waals surface area contributed by atoms with E-state index in [1.165, 1.54) is 18.2 Å². The van der Waals surface area contributed by atoms with Gasteiger partial charge < -0.3 is 0 Å². The number of alkyl halides is 3. The quantitative estimate of drug-likeness (QED) is 0.535. The van der Waals surface area contributed by atoms with Crippen molar-refractivity contribution in [1.29, 1.82) is 0 Å². The minimum Gasteiger partial charge on any atom is -0.289 e. The first kappa shape index (κ1) is 15.5. The van der Waals surface area contributed by atoms with Crippen LogP contribution in [-0.2, 0) is 6.18 Å². The lowest BCUT2D eigenvalue weighted by Crippen LogP contribution is -2.08. The van der Waals surface area contributed by atoms with Crippen LogP contribution in [0.5, 0.6) is 0 Å². The van der Waals surface area contributed by atoms with E-state index in [1.807, 2.05) is 18.2 Å². The molecular weight excluding hydrogens is 345 g/mol. The van der Waals surface area contributed by atoms with Gasteiger partial charge in [-0.2, -0.15) is 13.2 Å². The number of benzene rings is 2. The monoisotopic (exact) mass is 354 g/mol. The maximum Gasteiger partial charge on any atom is 0.417 e. The van der Waals surface area contributed by atoms with E-state index in [9.17, 15) is 18.0 Å². The first-order valence-electron chi connectivity index (χ1n) is 6.02. The average Bonchev–Trinajstić information content (AvgIpc) is 2.45. The highest BCUT2D eigenvalue weighted by Crippen LogP contribution is 2.35. The Kier molecular flexibility index (Phi) is 4.63. The second-order valence-electron chi connectivity index (χ2n) is 4.30. The number of hydrogen-bond donors (Lipinski definition) is 0. The van der Waals surface area contributed by atoms with Crippen LogP contribution in [0.3, 0.4) is 0 Å². The molecule has 0 aromatic heterocycles. The smallest absolute Gasteiger partial charge is 0.289 e. The molecular formula is C16H10BrF3O. The van der Waals surface area contributed by atoms with Gasteiger partial charge in [-0.3, -0.25) is 4.79 Å². The van der Waals surface area contributed by atoms with E-state index in [4.69, 9.17) is 0 Å². The molecule has 0 saturated carbocycles. The number of allylic oxidation sites excluding steroid dienone is 1. The summed E-state index contributed by atoms with van der Waals surface area (Å²) in [6.07, 6.45) is -1.67. The molecule has 0 aliphatic carbocycles. The predicted molar refractivity (Wildman–Crippen MR) is 79.0 cm³/mol. The Bertz CT molecular complexity index is 676. The summed E-state index contributed by atoms with van der Waals surface area (Å²) < 4.78 is 38.3. The lowest BCUT2D eigenvalue weighted by molar-refractivity contribution is -0.138. The molecule has 108 valence electrons. The molecule has 0 fully saturated rings. The Hall–Kier alpha value is -1.88. The van der Waals surface area contributed by atoms with Crippen LogP contribution in [0.2, 0.25) is 0 Å². The Labute approximate surface area is 128 Å². The Balaban J connectivity index is 2.26. The zero-order chi connectivity index (χ0) is 15.5. The van der Waals surface area contributed by atoms with Gasteiger partial charge >= 0.3 is 6.18 Å². The van der Waals surface area contributed by atoms with Gasteiger partial charge in [-0.1, -0.05) is 52.3 Å². The summed E-state index contributed by atoms with van der Waals surface area (Å²) in [6.45, 7) is 0. The van der Waals surface area contributed by atoms with E-state index in [0.29, 0.717) is 0 Å². The van der Waals surface area contributed by atoms with Crippen molar-refractivity contribution in [2.45, 2.75) is 6.18 Å². The molecule has 0 N–H and O–H groups in total. The highest BCUT2D eigenvalue weighted by atomic mass is 79.9. The Morgan fingerprint density at radius 1 is 1.05 bits per heavy atom. The van der Waals surface area contributed by atoms with Crippen LogP contribution >= 0.6 is 15.9 Å². The summed E-state index contributed by atoms with van der Waals surface area (Å²) in [7, 11) is 0. The summed E-state index contributed by atoms with van der Waals surface area (Å²) in [4.78, 5) is 11.9. The number of ketones is 1. The van der Waals surface area contributed by atoms with Crippen molar-refractivity contribution in [1.82, 2.24) is 0 Å². The van der Waals surface area contributed by atoms with Gasteiger partial charge in [0, 0.05) is 10.0 Å². The summed E-state index contributed by atoms with van der Waals surface area (Å²) in [5.74, 6) is -0.475. The third-order valence-corrected chi connectivity index (χ3v) is 3.47. The third-order valence-electron chi connectivity index (χ3n) is 2.78. The van der Waals surface area contributed by atoms with E-state index >= 15 is 0 Å². The number of halogens is 4. The van der Waals surface area contributed by atoms with Crippen LogP contribution in [-0.4, -0.2) is 5.78 Å². The molecule has 0 bridgehead atoms. The summed E-state index contributed by atoms with van der Waals surface area (Å²) in [5.41, 5.74) is -0.0572. The SMILES string of the molecule is O=C(C=Cc1ccccc1)c1ccc(Br)c(C(F)(F)F)c1. The second-order valence-corrected chi connectivity index (χ2v) is 5.15. The van der Waals surface area contributed by atoms with Crippen molar-refractivity contribution in [3.63, 3.8) is 0 Å². The first-order valence-corrected chi connectivity index (χ1v) is 6.81. The van der Waals surface area contributed by atoms with Crippen molar-refractivity contribution >= 4 is 27.8 Å². The topological polar surface area (TPSA) is 17.1 Å². The van der Waals surface area contributed by atoms with Crippen molar-refractivity contribution in [3.8, 4) is 0 Å². The zero-order valence-electron chi connectivity index (χ0n) is 10.7. The summed E-state index contributed by atoms with van der Waals surface area (Å²) >= 11 is 2.84. The highest BCUT2D eigenvalue weighted by molar-refractivity contribution is 9.10. The van der Waals surface area contributed by atoms with Crippen molar-refractivity contribution < 1.29 is 18.0 Å². The van der Waals surface area contributed by atoms with Gasteiger partial charge in [-0.15, -0.1) is 0 Å². The number of carbonyl (C=O) groups excluding carboxylic acids is 1. The Morgan fingerprint density at radius 2 is 1.71 bits per heavy atom. The van der Waals surface area contributed by atoms with Gasteiger partial charge in [0.1, 0.15) is 0 Å². The molecule has 0 spiro atoms. The lowest BCUT2D eigenvalue weighted by atomic mass is 10.1. The molecule has 2 rings (SSSR count). The number of carbonyl (C=O) groups is 1. The Morgan fingerprint density at radius 3 is 2.33 bits per heavy atom. The molecule has 0 saturated heterocycles. The van der Waals surface area contributed by atoms with Gasteiger partial charge in [0.2, 0.25) is 0 Å². The lowest BCUT2D eigenvalue weighted by Gasteiger charge is -2.09. The number of hydrogen-bond acceptors (Lipinski definition) is 1. The molecule has 2 aromatic rings. The third kappa shape index (κ3) is 4.04. The van der Waals surface area contributed by atoms with Gasteiger partial charge in [-0.05, 0) is 29.8 Å². The molecule has 0 aliphatic heterocycles. The fourth-order valence-corrected chi connectivity index (χ4v) is 2.20. The van der Waals surface area contributed by atoms with Crippen LogP contribution < -0.4 is 0 Å². The predicted octanol–water partition coefficient (Wildman–Crippen LogP) is 5.36. The molecule has 0 atom stereocenters. The fraction of sp³-hybridized carbons (Fsp3) is 0.0625. The molecule has 0 amide bonds. The molecule has 0 heterocycles. The van der Waals surface area contributed by atoms with Crippen molar-refractivity contribution in [2.24, 2.45) is 0 Å². The highest BCUT2D eigenvalue weighted by Gasteiger charge is 2.33. The molecule has 0 unspecified atom stereocenters. The minimum atomic E-state index is -4.50. The van der Waals surface area contributed by atoms with E-state index in [2.05, 4.69) is 15.9 Å². The van der Waals surface area contributed by atoms with E-state index in [-0.39, 0.29) is 10.0 Å². The minimum absolute atomic E-state index is 0.00212. The van der Waals surface area contributed by atoms with E-state index in [1.54, 1.807) is 18.2 Å². The zero-order valence-corrected chi connectivity index (χ0v) is 12.3. The standard InChI is InChI=1S/C16H10BrF3O/c17-14-8-7-12(10-13(14)16(18,19)20)15(21)9-6-11-4-2-1-3-5-11/h1-10H. The van der Waals surface area contributed by atoms with Crippen LogP contribution in [0.15, 0.2) is 59.1 Å². The molecule has 5 heteroatoms. The maximum absolute atomic E-state index is 12.8. The van der Waals surface area contributed by atoms with Crippen LogP contribution in [0.1, 0.15) is 21.5 Å². The molecule has 2 aromatic carbocycles. The molecule has 0 radical (unpaired) electrons. The second kappa shape index (κ2) is 6.26. The molecule has 21 heavy (non-hydrogen) atoms. The van der Waals surface area contributed by atoms with Gasteiger partial charge in [0.05, 0.1) is 5.56 Å². The summed E-state index contributed by atoms with van der Waals surface area (Å²) in [5, 5.41) is 0. The van der Waals surface area contributed by atoms with Gasteiger partial charge in [0.15, 0.2) is 5.78 Å². The first-order chi connectivity index (χ1) is 9.88. The van der Waals surface area contributed by atoms with Crippen molar-refractivity contribution in [3.05, 3.63) is 75.8 Å². The van der Waals surface area contributed by atoms with Gasteiger partial charge in [0.25, 0.3) is 0 Å². The van der Waals surface area contributed by atoms with Crippen LogP contribution in [0.4, 0.5) is 13.2 Å².